The van der Waals surface area contributed by atoms with Gasteiger partial charge in [0.05, 0.1) is 27.4 Å². The molecule has 1 fully saturated rings. The number of carbonyl (C=O) groups is 3. The molecule has 2 unspecified atom stereocenters. The number of halogens is 5. The Bertz CT molecular complexity index is 1150. The van der Waals surface area contributed by atoms with E-state index in [4.69, 9.17) is 34.8 Å². The van der Waals surface area contributed by atoms with E-state index < -0.39 is 50.5 Å². The highest BCUT2D eigenvalue weighted by atomic mass is 35.5. The van der Waals surface area contributed by atoms with E-state index >= 15 is 0 Å². The first-order valence-electron chi connectivity index (χ1n) is 10.1. The zero-order valence-corrected chi connectivity index (χ0v) is 21.1. The Kier molecular flexibility index (Phi) is 8.34. The minimum atomic E-state index is -1.15. The Hall–Kier alpha value is -2.07. The molecule has 0 heterocycles. The van der Waals surface area contributed by atoms with Gasteiger partial charge in [-0.15, -0.1) is 35.0 Å². The van der Waals surface area contributed by atoms with Gasteiger partial charge in [-0.3, -0.25) is 14.4 Å². The third-order valence-corrected chi connectivity index (χ3v) is 7.21. The summed E-state index contributed by atoms with van der Waals surface area (Å²) >= 11 is 19.2. The molecule has 1 saturated carbocycles. The number of nitrogens with one attached hydrogen (secondary N) is 3. The van der Waals surface area contributed by atoms with E-state index in [9.17, 15) is 23.2 Å². The van der Waals surface area contributed by atoms with Crippen molar-refractivity contribution in [3.8, 4) is 0 Å². The highest BCUT2D eigenvalue weighted by Gasteiger charge is 2.56. The van der Waals surface area contributed by atoms with E-state index in [2.05, 4.69) is 16.0 Å². The maximum atomic E-state index is 14.9. The van der Waals surface area contributed by atoms with Gasteiger partial charge in [-0.2, -0.15) is 0 Å². The topological polar surface area (TPSA) is 87.3 Å². The highest BCUT2D eigenvalue weighted by molar-refractivity contribution is 8.00. The number of benzene rings is 2. The van der Waals surface area contributed by atoms with Crippen molar-refractivity contribution in [2.45, 2.75) is 29.9 Å². The average Bonchev–Trinajstić information content (AvgIpc) is 3.42. The number of hydrogen-bond acceptors (Lipinski definition) is 4. The lowest BCUT2D eigenvalue weighted by Crippen LogP contribution is -2.24. The summed E-state index contributed by atoms with van der Waals surface area (Å²) in [6.45, 7) is 3.47. The first kappa shape index (κ1) is 26.5. The zero-order valence-electron chi connectivity index (χ0n) is 18.0. The van der Waals surface area contributed by atoms with Crippen molar-refractivity contribution < 1.29 is 23.2 Å². The summed E-state index contributed by atoms with van der Waals surface area (Å²) in [6, 6.07) is 6.11. The van der Waals surface area contributed by atoms with Crippen LogP contribution in [-0.2, 0) is 9.59 Å². The summed E-state index contributed by atoms with van der Waals surface area (Å²) in [7, 11) is 0. The Balaban J connectivity index is 1.77. The number of carbonyl (C=O) groups excluding carboxylic acids is 3. The molecule has 3 rings (SSSR count). The number of hydrogen-bond donors (Lipinski definition) is 3. The van der Waals surface area contributed by atoms with Gasteiger partial charge >= 0.3 is 0 Å². The second kappa shape index (κ2) is 10.7. The number of alkyl halides is 2. The molecule has 0 spiro atoms. The predicted octanol–water partition coefficient (Wildman–Crippen LogP) is 6.08. The molecule has 0 aromatic heterocycles. The molecule has 182 valence electrons. The van der Waals surface area contributed by atoms with Gasteiger partial charge in [-0.25, -0.2) is 8.78 Å². The molecular formula is C22H20Cl3F2N3O3S. The van der Waals surface area contributed by atoms with Crippen LogP contribution in [0.1, 0.15) is 30.6 Å². The van der Waals surface area contributed by atoms with Gasteiger partial charge in [0.2, 0.25) is 11.8 Å². The van der Waals surface area contributed by atoms with E-state index in [0.29, 0.717) is 12.2 Å². The SMILES string of the molecule is CCSC(C)C(=O)Nc1c(F)ccc(NC(=O)c2cc(NC(=O)C3CC3(Cl)Cl)ccc2Cl)c1F. The first-order chi connectivity index (χ1) is 15.9. The Labute approximate surface area is 214 Å². The molecule has 0 radical (unpaired) electrons. The molecule has 6 nitrogen and oxygen atoms in total. The van der Waals surface area contributed by atoms with Crippen LogP contribution in [0.15, 0.2) is 30.3 Å². The molecule has 2 atom stereocenters. The fourth-order valence-corrected chi connectivity index (χ4v) is 4.43. The second-order valence-corrected chi connectivity index (χ2v) is 11.1. The van der Waals surface area contributed by atoms with Crippen LogP contribution in [0.2, 0.25) is 5.02 Å². The minimum absolute atomic E-state index is 0.0346. The molecule has 3 amide bonds. The number of anilines is 3. The lowest BCUT2D eigenvalue weighted by Gasteiger charge is -2.15. The normalized spacial score (nSPS) is 17.0. The highest BCUT2D eigenvalue weighted by Crippen LogP contribution is 2.53. The van der Waals surface area contributed by atoms with Gasteiger partial charge in [0.1, 0.15) is 15.8 Å². The molecule has 0 aliphatic heterocycles. The van der Waals surface area contributed by atoms with E-state index in [0.717, 1.165) is 12.1 Å². The third kappa shape index (κ3) is 6.13. The van der Waals surface area contributed by atoms with Crippen LogP contribution in [0.4, 0.5) is 25.8 Å². The molecule has 2 aromatic rings. The van der Waals surface area contributed by atoms with Gasteiger partial charge in [0.25, 0.3) is 5.91 Å². The van der Waals surface area contributed by atoms with Crippen LogP contribution in [0.3, 0.4) is 0 Å². The van der Waals surface area contributed by atoms with Crippen molar-refractivity contribution in [3.63, 3.8) is 0 Å². The number of thioether (sulfide) groups is 1. The maximum absolute atomic E-state index is 14.9. The van der Waals surface area contributed by atoms with Crippen LogP contribution in [-0.4, -0.2) is 33.1 Å². The monoisotopic (exact) mass is 549 g/mol. The molecular weight excluding hydrogens is 531 g/mol. The second-order valence-electron chi connectivity index (χ2n) is 7.53. The van der Waals surface area contributed by atoms with Crippen molar-refractivity contribution in [2.75, 3.05) is 21.7 Å². The van der Waals surface area contributed by atoms with Crippen molar-refractivity contribution in [1.29, 1.82) is 0 Å². The standard InChI is InChI=1S/C22H20Cl3F2N3O3S/c1-3-34-10(2)19(31)30-18-15(26)6-7-16(17(18)27)29-20(32)12-8-11(4-5-14(12)23)28-21(33)13-9-22(13,24)25/h4-8,10,13H,3,9H2,1-2H3,(H,28,33)(H,29,32)(H,30,31). The van der Waals surface area contributed by atoms with Gasteiger partial charge < -0.3 is 16.0 Å². The molecule has 0 saturated heterocycles. The molecule has 2 aromatic carbocycles. The van der Waals surface area contributed by atoms with Gasteiger partial charge in [0, 0.05) is 5.69 Å². The smallest absolute Gasteiger partial charge is 0.257 e. The lowest BCUT2D eigenvalue weighted by molar-refractivity contribution is -0.117. The summed E-state index contributed by atoms with van der Waals surface area (Å²) in [5.41, 5.74) is -0.852. The van der Waals surface area contributed by atoms with Crippen molar-refractivity contribution >= 4 is 81.3 Å². The first-order valence-corrected chi connectivity index (χ1v) is 12.3. The van der Waals surface area contributed by atoms with E-state index in [1.54, 1.807) is 6.92 Å². The molecule has 1 aliphatic rings. The van der Waals surface area contributed by atoms with Crippen LogP contribution in [0.5, 0.6) is 0 Å². The molecule has 3 N–H and O–H groups in total. The summed E-state index contributed by atoms with van der Waals surface area (Å²) < 4.78 is 28.0. The lowest BCUT2D eigenvalue weighted by atomic mass is 10.1. The van der Waals surface area contributed by atoms with Crippen LogP contribution >= 0.6 is 46.6 Å². The van der Waals surface area contributed by atoms with Crippen LogP contribution in [0, 0.1) is 17.6 Å². The zero-order chi connectivity index (χ0) is 25.2. The minimum Gasteiger partial charge on any atom is -0.326 e. The van der Waals surface area contributed by atoms with Gasteiger partial charge in [-0.1, -0.05) is 18.5 Å². The summed E-state index contributed by atoms with van der Waals surface area (Å²) in [4.78, 5) is 37.2. The largest absolute Gasteiger partial charge is 0.326 e. The van der Waals surface area contributed by atoms with Gasteiger partial charge in [-0.05, 0) is 49.4 Å². The fraction of sp³-hybridized carbons (Fsp3) is 0.318. The Morgan fingerprint density at radius 3 is 2.44 bits per heavy atom. The Morgan fingerprint density at radius 2 is 1.82 bits per heavy atom. The molecule has 0 bridgehead atoms. The average molecular weight is 551 g/mol. The fourth-order valence-electron chi connectivity index (χ4n) is 3.01. The number of rotatable bonds is 8. The summed E-state index contributed by atoms with van der Waals surface area (Å²) in [6.07, 6.45) is 0.307. The Morgan fingerprint density at radius 1 is 1.15 bits per heavy atom. The van der Waals surface area contributed by atoms with E-state index in [1.165, 1.54) is 30.0 Å². The molecule has 12 heteroatoms. The van der Waals surface area contributed by atoms with Crippen molar-refractivity contribution in [3.05, 3.63) is 52.6 Å². The molecule has 34 heavy (non-hydrogen) atoms. The molecule has 1 aliphatic carbocycles. The van der Waals surface area contributed by atoms with Crippen molar-refractivity contribution in [1.82, 2.24) is 0 Å². The van der Waals surface area contributed by atoms with Gasteiger partial charge in [0.15, 0.2) is 5.82 Å². The summed E-state index contributed by atoms with van der Waals surface area (Å²) in [5, 5.41) is 6.64. The van der Waals surface area contributed by atoms with Crippen molar-refractivity contribution in [2.24, 2.45) is 5.92 Å². The number of amides is 3. The third-order valence-electron chi connectivity index (χ3n) is 4.99. The predicted molar refractivity (Wildman–Crippen MR) is 133 cm³/mol. The summed E-state index contributed by atoms with van der Waals surface area (Å²) in [5.74, 6) is -3.87. The van der Waals surface area contributed by atoms with E-state index in [-0.39, 0.29) is 22.0 Å². The van der Waals surface area contributed by atoms with Crippen LogP contribution < -0.4 is 16.0 Å². The quantitative estimate of drug-likeness (QED) is 0.348. The van der Waals surface area contributed by atoms with Crippen LogP contribution in [0.25, 0.3) is 0 Å². The maximum Gasteiger partial charge on any atom is 0.257 e. The van der Waals surface area contributed by atoms with E-state index in [1.807, 2.05) is 6.92 Å².